The summed E-state index contributed by atoms with van der Waals surface area (Å²) >= 11 is 5.12. The van der Waals surface area contributed by atoms with Gasteiger partial charge in [0, 0.05) is 17.0 Å². The lowest BCUT2D eigenvalue weighted by Crippen LogP contribution is -2.11. The summed E-state index contributed by atoms with van der Waals surface area (Å²) in [4.78, 5) is 23.2. The number of nitro benzene ring substituents is 1. The Morgan fingerprint density at radius 3 is 2.32 bits per heavy atom. The Balaban J connectivity index is 1.62. The number of carbonyl (C=O) groups is 1. The number of nitro groups is 1. The maximum Gasteiger partial charge on any atom is 0.315 e. The molecule has 0 unspecified atom stereocenters. The van der Waals surface area contributed by atoms with Crippen LogP contribution in [0.2, 0.25) is 0 Å². The number of esters is 1. The minimum Gasteiger partial charge on any atom is -0.426 e. The van der Waals surface area contributed by atoms with E-state index in [0.717, 1.165) is 14.3 Å². The van der Waals surface area contributed by atoms with Gasteiger partial charge in [-0.1, -0.05) is 45.0 Å². The smallest absolute Gasteiger partial charge is 0.315 e. The van der Waals surface area contributed by atoms with Crippen molar-refractivity contribution >= 4 is 44.6 Å². The first-order valence-electron chi connectivity index (χ1n) is 7.16. The molecule has 3 aromatic rings. The molecule has 1 heterocycles. The van der Waals surface area contributed by atoms with Gasteiger partial charge in [-0.15, -0.1) is 0 Å². The van der Waals surface area contributed by atoms with Crippen LogP contribution in [0.1, 0.15) is 5.56 Å². The van der Waals surface area contributed by atoms with E-state index < -0.39 is 10.9 Å². The fourth-order valence-electron chi connectivity index (χ4n) is 2.13. The molecule has 25 heavy (non-hydrogen) atoms. The van der Waals surface area contributed by atoms with Crippen molar-refractivity contribution in [2.24, 2.45) is 0 Å². The van der Waals surface area contributed by atoms with E-state index in [0.29, 0.717) is 11.3 Å². The summed E-state index contributed by atoms with van der Waals surface area (Å²) in [6.45, 7) is 0. The standard InChI is InChI=1S/C17H11NO4S3/c19-16(9-11-1-5-13(6-2-11)18(20)21)22-14-7-3-12(4-8-14)15-10-17(23)25-24-15/h1-8,10H,9H2. The molecule has 5 nitrogen and oxygen atoms in total. The highest BCUT2D eigenvalue weighted by molar-refractivity contribution is 7.80. The monoisotopic (exact) mass is 389 g/mol. The topological polar surface area (TPSA) is 69.4 Å². The quantitative estimate of drug-likeness (QED) is 0.149. The predicted molar refractivity (Wildman–Crippen MR) is 101 cm³/mol. The molecular weight excluding hydrogens is 378 g/mol. The van der Waals surface area contributed by atoms with Crippen molar-refractivity contribution in [3.8, 4) is 16.2 Å². The van der Waals surface area contributed by atoms with Gasteiger partial charge >= 0.3 is 5.97 Å². The van der Waals surface area contributed by atoms with Gasteiger partial charge < -0.3 is 4.74 Å². The van der Waals surface area contributed by atoms with Crippen LogP contribution in [0.5, 0.6) is 5.75 Å². The highest BCUT2D eigenvalue weighted by Gasteiger charge is 2.10. The molecule has 0 atom stereocenters. The van der Waals surface area contributed by atoms with E-state index in [-0.39, 0.29) is 12.1 Å². The van der Waals surface area contributed by atoms with E-state index in [1.165, 1.54) is 12.1 Å². The second kappa shape index (κ2) is 7.64. The minimum atomic E-state index is -0.479. The third kappa shape index (κ3) is 4.56. The summed E-state index contributed by atoms with van der Waals surface area (Å²) in [6.07, 6.45) is 0.0473. The summed E-state index contributed by atoms with van der Waals surface area (Å²) in [5.41, 5.74) is 1.67. The third-order valence-corrected chi connectivity index (χ3v) is 6.24. The lowest BCUT2D eigenvalue weighted by atomic mass is 10.1. The van der Waals surface area contributed by atoms with Crippen LogP contribution in [-0.2, 0) is 11.2 Å². The molecule has 3 rings (SSSR count). The van der Waals surface area contributed by atoms with Crippen molar-refractivity contribution in [1.82, 2.24) is 0 Å². The number of non-ortho nitro benzene ring substituents is 1. The van der Waals surface area contributed by atoms with Gasteiger partial charge in [0.05, 0.1) is 11.3 Å². The molecule has 0 fully saturated rings. The van der Waals surface area contributed by atoms with Crippen LogP contribution in [-0.4, -0.2) is 10.9 Å². The third-order valence-electron chi connectivity index (χ3n) is 3.33. The maximum atomic E-state index is 12.0. The summed E-state index contributed by atoms with van der Waals surface area (Å²) < 4.78 is 6.15. The molecule has 0 aliphatic rings. The largest absolute Gasteiger partial charge is 0.426 e. The molecule has 0 saturated carbocycles. The number of carbonyl (C=O) groups excluding carboxylic acids is 1. The number of benzene rings is 2. The molecule has 0 bridgehead atoms. The van der Waals surface area contributed by atoms with Gasteiger partial charge in [0.2, 0.25) is 0 Å². The van der Waals surface area contributed by atoms with Crippen molar-refractivity contribution in [1.29, 1.82) is 0 Å². The van der Waals surface area contributed by atoms with Crippen molar-refractivity contribution < 1.29 is 14.5 Å². The molecule has 2 aromatic carbocycles. The summed E-state index contributed by atoms with van der Waals surface area (Å²) in [5, 5.41) is 10.6. The number of hydrogen-bond donors (Lipinski definition) is 0. The van der Waals surface area contributed by atoms with Crippen molar-refractivity contribution in [2.75, 3.05) is 0 Å². The molecule has 126 valence electrons. The first kappa shape index (κ1) is 17.4. The lowest BCUT2D eigenvalue weighted by Gasteiger charge is -2.05. The van der Waals surface area contributed by atoms with E-state index in [2.05, 4.69) is 0 Å². The van der Waals surface area contributed by atoms with E-state index in [4.69, 9.17) is 17.0 Å². The second-order valence-electron chi connectivity index (χ2n) is 5.09. The fraction of sp³-hybridized carbons (Fsp3) is 0.0588. The number of hydrogen-bond acceptors (Lipinski definition) is 7. The molecule has 8 heteroatoms. The number of rotatable bonds is 5. The number of ether oxygens (including phenoxy) is 1. The maximum absolute atomic E-state index is 12.0. The molecule has 0 aliphatic heterocycles. The van der Waals surface area contributed by atoms with Crippen LogP contribution in [0.15, 0.2) is 54.6 Å². The summed E-state index contributed by atoms with van der Waals surface area (Å²) in [7, 11) is 3.16. The molecule has 0 spiro atoms. The van der Waals surface area contributed by atoms with E-state index in [1.54, 1.807) is 44.9 Å². The zero-order valence-corrected chi connectivity index (χ0v) is 15.2. The van der Waals surface area contributed by atoms with Crippen molar-refractivity contribution in [3.63, 3.8) is 0 Å². The summed E-state index contributed by atoms with van der Waals surface area (Å²) in [5.74, 6) is 0.0299. The van der Waals surface area contributed by atoms with E-state index in [1.807, 2.05) is 18.2 Å². The molecule has 0 aliphatic carbocycles. The van der Waals surface area contributed by atoms with Crippen LogP contribution < -0.4 is 4.74 Å². The fourth-order valence-corrected chi connectivity index (χ4v) is 4.53. The average molecular weight is 389 g/mol. The highest BCUT2D eigenvalue weighted by atomic mass is 32.9. The Morgan fingerprint density at radius 1 is 1.08 bits per heavy atom. The highest BCUT2D eigenvalue weighted by Crippen LogP contribution is 2.30. The van der Waals surface area contributed by atoms with Gasteiger partial charge in [-0.25, -0.2) is 0 Å². The van der Waals surface area contributed by atoms with Crippen LogP contribution in [0.25, 0.3) is 10.4 Å². The van der Waals surface area contributed by atoms with Crippen molar-refractivity contribution in [3.05, 3.63) is 74.1 Å². The van der Waals surface area contributed by atoms with E-state index in [9.17, 15) is 14.9 Å². The average Bonchev–Trinajstić information content (AvgIpc) is 3.02. The first-order valence-corrected chi connectivity index (χ1v) is 9.72. The van der Waals surface area contributed by atoms with E-state index >= 15 is 0 Å². The Bertz CT molecular complexity index is 959. The van der Waals surface area contributed by atoms with Crippen LogP contribution in [0.4, 0.5) is 5.69 Å². The Morgan fingerprint density at radius 2 is 1.76 bits per heavy atom. The molecule has 0 radical (unpaired) electrons. The Kier molecular flexibility index (Phi) is 5.32. The Hall–Kier alpha value is -2.42. The van der Waals surface area contributed by atoms with Gasteiger partial charge in [-0.3, -0.25) is 14.9 Å². The normalized spacial score (nSPS) is 10.4. The Labute approximate surface area is 155 Å². The predicted octanol–water partition coefficient (Wildman–Crippen LogP) is 5.26. The van der Waals surface area contributed by atoms with Gasteiger partial charge in [0.1, 0.15) is 9.57 Å². The summed E-state index contributed by atoms with van der Waals surface area (Å²) in [6, 6.07) is 15.0. The van der Waals surface area contributed by atoms with Crippen molar-refractivity contribution in [2.45, 2.75) is 6.42 Å². The number of nitrogens with zero attached hydrogens (tertiary/aromatic N) is 1. The first-order chi connectivity index (χ1) is 12.0. The zero-order chi connectivity index (χ0) is 17.8. The molecular formula is C17H11NO4S3. The zero-order valence-electron chi connectivity index (χ0n) is 12.7. The van der Waals surface area contributed by atoms with Crippen LogP contribution >= 0.6 is 32.9 Å². The molecule has 1 aromatic heterocycles. The molecule has 0 saturated heterocycles. The van der Waals surface area contributed by atoms with Gasteiger partial charge in [0.15, 0.2) is 0 Å². The minimum absolute atomic E-state index is 0.00978. The molecule has 0 N–H and O–H groups in total. The van der Waals surface area contributed by atoms with Gasteiger partial charge in [-0.2, -0.15) is 0 Å². The van der Waals surface area contributed by atoms with Gasteiger partial charge in [-0.05, 0) is 41.5 Å². The lowest BCUT2D eigenvalue weighted by molar-refractivity contribution is -0.384. The van der Waals surface area contributed by atoms with Crippen LogP contribution in [0.3, 0.4) is 0 Å². The molecule has 0 amide bonds. The van der Waals surface area contributed by atoms with Gasteiger partial charge in [0.25, 0.3) is 5.69 Å². The van der Waals surface area contributed by atoms with Crippen LogP contribution in [0, 0.1) is 13.9 Å². The SMILES string of the molecule is O=C(Cc1ccc([N+](=O)[O-])cc1)Oc1ccc(-c2cc(=S)ss2)cc1. The second-order valence-corrected chi connectivity index (χ2v) is 8.00.